The third-order valence-electron chi connectivity index (χ3n) is 9.09. The summed E-state index contributed by atoms with van der Waals surface area (Å²) in [6, 6.07) is 38.9. The van der Waals surface area contributed by atoms with Gasteiger partial charge in [-0.3, -0.25) is 10.1 Å². The molecule has 1 saturated heterocycles. The molecule has 0 amide bonds. The van der Waals surface area contributed by atoms with E-state index in [4.69, 9.17) is 28.4 Å². The van der Waals surface area contributed by atoms with Crippen molar-refractivity contribution in [1.82, 2.24) is 0 Å². The summed E-state index contributed by atoms with van der Waals surface area (Å²) in [7, 11) is 0. The molecule has 1 heterocycles. The first-order valence-electron chi connectivity index (χ1n) is 17.2. The first kappa shape index (κ1) is 34.9. The Balaban J connectivity index is 1.32. The minimum Gasteiger partial charge on any atom is -0.374 e. The van der Waals surface area contributed by atoms with E-state index in [1.54, 1.807) is 0 Å². The molecule has 2 aliphatic rings. The minimum atomic E-state index is -0.961. The average Bonchev–Trinajstić information content (AvgIpc) is 3.15. The third kappa shape index (κ3) is 10.0. The Morgan fingerprint density at radius 2 is 1.04 bits per heavy atom. The fraction of sp³-hybridized carbons (Fsp3) is 0.400. The molecule has 1 aliphatic heterocycles. The summed E-state index contributed by atoms with van der Waals surface area (Å²) < 4.78 is 39.7. The van der Waals surface area contributed by atoms with E-state index in [1.807, 2.05) is 121 Å². The fourth-order valence-corrected chi connectivity index (χ4v) is 6.51. The molecule has 0 spiro atoms. The lowest BCUT2D eigenvalue weighted by molar-refractivity contribution is -0.543. The van der Waals surface area contributed by atoms with Crippen LogP contribution in [0.5, 0.6) is 0 Å². The van der Waals surface area contributed by atoms with Gasteiger partial charge in [0.25, 0.3) is 0 Å². The van der Waals surface area contributed by atoms with Gasteiger partial charge in [-0.2, -0.15) is 0 Å². The number of rotatable bonds is 16. The minimum absolute atomic E-state index is 0.189. The summed E-state index contributed by atoms with van der Waals surface area (Å²) in [5.74, 6) is 0. The van der Waals surface area contributed by atoms with Crippen molar-refractivity contribution in [2.24, 2.45) is 0 Å². The van der Waals surface area contributed by atoms with Crippen LogP contribution in [0.4, 0.5) is 0 Å². The topological polar surface area (TPSA) is 98.5 Å². The van der Waals surface area contributed by atoms with Gasteiger partial charge in [-0.05, 0) is 35.1 Å². The molecule has 4 aromatic rings. The molecular weight excluding hydrogens is 622 g/mol. The first-order chi connectivity index (χ1) is 24.1. The lowest BCUT2D eigenvalue weighted by Gasteiger charge is -2.47. The quantitative estimate of drug-likeness (QED) is 0.0908. The molecule has 1 saturated carbocycles. The smallest absolute Gasteiger partial charge is 0.238 e. The third-order valence-corrected chi connectivity index (χ3v) is 9.09. The van der Waals surface area contributed by atoms with E-state index in [2.05, 4.69) is 0 Å². The molecule has 0 bridgehead atoms. The van der Waals surface area contributed by atoms with Crippen LogP contribution in [-0.4, -0.2) is 54.4 Å². The average molecular weight is 668 g/mol. The highest BCUT2D eigenvalue weighted by atomic mass is 16.7. The summed E-state index contributed by atoms with van der Waals surface area (Å²) in [5.41, 5.74) is 4.00. The van der Waals surface area contributed by atoms with Crippen molar-refractivity contribution in [1.29, 1.82) is 0 Å². The van der Waals surface area contributed by atoms with Crippen molar-refractivity contribution < 1.29 is 33.3 Å². The highest BCUT2D eigenvalue weighted by Crippen LogP contribution is 2.34. The predicted octanol–water partition coefficient (Wildman–Crippen LogP) is 7.29. The lowest BCUT2D eigenvalue weighted by Crippen LogP contribution is -2.62. The Morgan fingerprint density at radius 3 is 1.55 bits per heavy atom. The maximum atomic E-state index is 12.1. The van der Waals surface area contributed by atoms with Crippen molar-refractivity contribution in [2.75, 3.05) is 6.61 Å². The number of ether oxygens (including phenoxy) is 6. The number of hydrogen-bond donors (Lipinski definition) is 0. The van der Waals surface area contributed by atoms with Gasteiger partial charge in [0.15, 0.2) is 6.29 Å². The molecule has 0 radical (unpaired) electrons. The standard InChI is InChI=1S/C40H45NO8/c42-41(43)34-23-13-14-24-35(34)48-40-39(47-28-33-21-11-4-12-22-33)38(46-27-32-19-9-3-10-20-32)37(45-26-31-17-7-2-8-18-31)36(49-40)29-44-25-30-15-5-1-6-16-30/h1-12,15-22,34-40H,13-14,23-29H2/t34-,35+,36+,37+,38-,39+,40+/m0/s1. The summed E-state index contributed by atoms with van der Waals surface area (Å²) in [4.78, 5) is 11.9. The van der Waals surface area contributed by atoms with Crippen molar-refractivity contribution in [3.63, 3.8) is 0 Å². The molecule has 6 rings (SSSR count). The Kier molecular flexibility index (Phi) is 12.9. The molecule has 4 aromatic carbocycles. The summed E-state index contributed by atoms with van der Waals surface area (Å²) in [6.45, 7) is 1.45. The van der Waals surface area contributed by atoms with E-state index < -0.39 is 42.9 Å². The summed E-state index contributed by atoms with van der Waals surface area (Å²) >= 11 is 0. The SMILES string of the molecule is O=[N+]([O-])[C@H]1CCCC[C@H]1O[C@@H]1O[C@H](COCc2ccccc2)[C@@H](OCc2ccccc2)[C@H](OCc2ccccc2)[C@H]1OCc1ccccc1. The van der Waals surface area contributed by atoms with Crippen LogP contribution in [0.3, 0.4) is 0 Å². The normalized spacial score (nSPS) is 25.5. The van der Waals surface area contributed by atoms with E-state index in [-0.39, 0.29) is 18.1 Å². The first-order valence-corrected chi connectivity index (χ1v) is 17.2. The highest BCUT2D eigenvalue weighted by Gasteiger charge is 2.51. The molecule has 0 aromatic heterocycles. The van der Waals surface area contributed by atoms with Crippen molar-refractivity contribution in [3.8, 4) is 0 Å². The maximum Gasteiger partial charge on any atom is 0.238 e. The van der Waals surface area contributed by atoms with E-state index in [0.29, 0.717) is 32.7 Å². The van der Waals surface area contributed by atoms with Gasteiger partial charge < -0.3 is 28.4 Å². The van der Waals surface area contributed by atoms with Gasteiger partial charge >= 0.3 is 0 Å². The molecule has 258 valence electrons. The Bertz CT molecular complexity index is 1530. The zero-order chi connectivity index (χ0) is 33.7. The van der Waals surface area contributed by atoms with Crippen molar-refractivity contribution >= 4 is 0 Å². The number of benzene rings is 4. The van der Waals surface area contributed by atoms with E-state index >= 15 is 0 Å². The second-order valence-electron chi connectivity index (χ2n) is 12.6. The molecule has 7 atom stereocenters. The van der Waals surface area contributed by atoms with Crippen molar-refractivity contribution in [2.45, 2.75) is 95.0 Å². The van der Waals surface area contributed by atoms with Gasteiger partial charge in [-0.1, -0.05) is 128 Å². The molecule has 2 fully saturated rings. The number of nitrogens with zero attached hydrogens (tertiary/aromatic N) is 1. The van der Waals surface area contributed by atoms with Crippen LogP contribution in [-0.2, 0) is 54.8 Å². The second-order valence-corrected chi connectivity index (χ2v) is 12.6. The maximum absolute atomic E-state index is 12.1. The van der Waals surface area contributed by atoms with Gasteiger partial charge in [-0.25, -0.2) is 0 Å². The Morgan fingerprint density at radius 1 is 0.592 bits per heavy atom. The lowest BCUT2D eigenvalue weighted by atomic mass is 9.92. The molecule has 9 heteroatoms. The molecule has 1 aliphatic carbocycles. The van der Waals surface area contributed by atoms with Crippen LogP contribution in [0.2, 0.25) is 0 Å². The van der Waals surface area contributed by atoms with Crippen LogP contribution in [0.1, 0.15) is 47.9 Å². The zero-order valence-electron chi connectivity index (χ0n) is 27.7. The number of hydrogen-bond acceptors (Lipinski definition) is 8. The summed E-state index contributed by atoms with van der Waals surface area (Å²) in [6.07, 6.45) is -1.58. The molecule has 0 N–H and O–H groups in total. The fourth-order valence-electron chi connectivity index (χ4n) is 6.51. The van der Waals surface area contributed by atoms with E-state index in [9.17, 15) is 10.1 Å². The predicted molar refractivity (Wildman–Crippen MR) is 184 cm³/mol. The van der Waals surface area contributed by atoms with Crippen LogP contribution in [0.15, 0.2) is 121 Å². The van der Waals surface area contributed by atoms with E-state index in [0.717, 1.165) is 35.1 Å². The number of nitro groups is 1. The summed E-state index contributed by atoms with van der Waals surface area (Å²) in [5, 5.41) is 12.1. The largest absolute Gasteiger partial charge is 0.374 e. The van der Waals surface area contributed by atoms with E-state index in [1.165, 1.54) is 0 Å². The molecular formula is C40H45NO8. The van der Waals surface area contributed by atoms with Crippen LogP contribution in [0.25, 0.3) is 0 Å². The highest BCUT2D eigenvalue weighted by molar-refractivity contribution is 5.16. The molecule has 49 heavy (non-hydrogen) atoms. The van der Waals surface area contributed by atoms with Gasteiger partial charge in [0.1, 0.15) is 30.5 Å². The Labute approximate surface area is 288 Å². The molecule has 9 nitrogen and oxygen atoms in total. The van der Waals surface area contributed by atoms with Gasteiger partial charge in [0.05, 0.1) is 33.0 Å². The van der Waals surface area contributed by atoms with Gasteiger partial charge in [0.2, 0.25) is 6.04 Å². The van der Waals surface area contributed by atoms with Gasteiger partial charge in [0, 0.05) is 11.3 Å². The monoisotopic (exact) mass is 667 g/mol. The van der Waals surface area contributed by atoms with Crippen LogP contribution < -0.4 is 0 Å². The second kappa shape index (κ2) is 18.2. The van der Waals surface area contributed by atoms with Gasteiger partial charge in [-0.15, -0.1) is 0 Å². The zero-order valence-corrected chi connectivity index (χ0v) is 27.7. The van der Waals surface area contributed by atoms with Crippen LogP contribution in [0, 0.1) is 10.1 Å². The van der Waals surface area contributed by atoms with Crippen LogP contribution >= 0.6 is 0 Å². The Hall–Kier alpha value is -3.96. The van der Waals surface area contributed by atoms with Crippen molar-refractivity contribution in [3.05, 3.63) is 154 Å². The molecule has 0 unspecified atom stereocenters.